The molecule has 1 aromatic rings. The fourth-order valence-corrected chi connectivity index (χ4v) is 2.44. The Bertz CT molecular complexity index is 480. The number of hydrogen-bond donors (Lipinski definition) is 2. The highest BCUT2D eigenvalue weighted by atomic mass is 16.5. The van der Waals surface area contributed by atoms with Gasteiger partial charge < -0.3 is 15.4 Å². The molecular weight excluding hydrogens is 264 g/mol. The minimum Gasteiger partial charge on any atom is -0.494 e. The van der Waals surface area contributed by atoms with Gasteiger partial charge in [0.1, 0.15) is 5.75 Å². The lowest BCUT2D eigenvalue weighted by molar-refractivity contribution is 0.252. The minimum atomic E-state index is -0.157. The van der Waals surface area contributed by atoms with Crippen molar-refractivity contribution in [2.75, 3.05) is 18.5 Å². The summed E-state index contributed by atoms with van der Waals surface area (Å²) in [7, 11) is 0. The maximum absolute atomic E-state index is 11.8. The number of allylic oxidation sites excluding steroid dienone is 1. The molecule has 2 rings (SSSR count). The number of benzene rings is 1. The van der Waals surface area contributed by atoms with Crippen LogP contribution in [0.1, 0.15) is 39.0 Å². The number of urea groups is 1. The first kappa shape index (κ1) is 15.4. The molecule has 0 fully saturated rings. The van der Waals surface area contributed by atoms with Gasteiger partial charge in [-0.25, -0.2) is 4.79 Å². The zero-order valence-corrected chi connectivity index (χ0v) is 12.7. The summed E-state index contributed by atoms with van der Waals surface area (Å²) in [4.78, 5) is 11.8. The molecule has 0 heterocycles. The molecule has 0 saturated heterocycles. The van der Waals surface area contributed by atoms with Crippen LogP contribution in [0.15, 0.2) is 35.9 Å². The largest absolute Gasteiger partial charge is 0.494 e. The Labute approximate surface area is 126 Å². The molecule has 0 bridgehead atoms. The summed E-state index contributed by atoms with van der Waals surface area (Å²) < 4.78 is 5.36. The molecule has 2 amide bonds. The number of rotatable bonds is 6. The van der Waals surface area contributed by atoms with E-state index >= 15 is 0 Å². The molecule has 21 heavy (non-hydrogen) atoms. The first-order valence-corrected chi connectivity index (χ1v) is 7.73. The van der Waals surface area contributed by atoms with Crippen LogP contribution in [0.3, 0.4) is 0 Å². The third-order valence-electron chi connectivity index (χ3n) is 3.54. The van der Waals surface area contributed by atoms with Crippen molar-refractivity contribution in [1.29, 1.82) is 0 Å². The van der Waals surface area contributed by atoms with Crippen molar-refractivity contribution in [3.63, 3.8) is 0 Å². The average Bonchev–Trinajstić information content (AvgIpc) is 2.51. The van der Waals surface area contributed by atoms with E-state index in [1.807, 2.05) is 31.2 Å². The fourth-order valence-electron chi connectivity index (χ4n) is 2.44. The summed E-state index contributed by atoms with van der Waals surface area (Å²) >= 11 is 0. The normalized spacial score (nSPS) is 14.2. The van der Waals surface area contributed by atoms with E-state index in [2.05, 4.69) is 16.7 Å². The highest BCUT2D eigenvalue weighted by Gasteiger charge is 2.05. The van der Waals surface area contributed by atoms with Gasteiger partial charge in [-0.2, -0.15) is 0 Å². The molecule has 114 valence electrons. The number of nitrogens with one attached hydrogen (secondary N) is 2. The fraction of sp³-hybridized carbons (Fsp3) is 0.471. The molecule has 1 aliphatic rings. The Balaban J connectivity index is 1.70. The van der Waals surface area contributed by atoms with Crippen molar-refractivity contribution in [1.82, 2.24) is 5.32 Å². The highest BCUT2D eigenvalue weighted by Crippen LogP contribution is 2.19. The Morgan fingerprint density at radius 3 is 2.71 bits per heavy atom. The van der Waals surface area contributed by atoms with Crippen molar-refractivity contribution in [3.8, 4) is 5.75 Å². The van der Waals surface area contributed by atoms with Crippen LogP contribution < -0.4 is 15.4 Å². The standard InChI is InChI=1S/C17H24N2O2/c1-2-21-16-10-8-15(9-11-16)19-17(20)18-13-12-14-6-4-3-5-7-14/h6,8-11H,2-5,7,12-13H2,1H3,(H2,18,19,20). The van der Waals surface area contributed by atoms with Crippen LogP contribution in [0.5, 0.6) is 5.75 Å². The van der Waals surface area contributed by atoms with E-state index in [9.17, 15) is 4.79 Å². The maximum atomic E-state index is 11.8. The van der Waals surface area contributed by atoms with Crippen LogP contribution in [-0.2, 0) is 0 Å². The molecule has 2 N–H and O–H groups in total. The smallest absolute Gasteiger partial charge is 0.319 e. The summed E-state index contributed by atoms with van der Waals surface area (Å²) in [5, 5.41) is 5.72. The second kappa shape index (κ2) is 8.35. The van der Waals surface area contributed by atoms with Gasteiger partial charge in [0, 0.05) is 12.2 Å². The first-order valence-electron chi connectivity index (χ1n) is 7.73. The van der Waals surface area contributed by atoms with Gasteiger partial charge >= 0.3 is 6.03 Å². The Morgan fingerprint density at radius 1 is 1.24 bits per heavy atom. The molecule has 4 heteroatoms. The molecule has 0 aliphatic heterocycles. The summed E-state index contributed by atoms with van der Waals surface area (Å²) in [6.07, 6.45) is 8.22. The van der Waals surface area contributed by atoms with Gasteiger partial charge in [0.25, 0.3) is 0 Å². The first-order chi connectivity index (χ1) is 10.3. The maximum Gasteiger partial charge on any atom is 0.319 e. The zero-order valence-electron chi connectivity index (χ0n) is 12.7. The molecular formula is C17H24N2O2. The van der Waals surface area contributed by atoms with E-state index in [-0.39, 0.29) is 6.03 Å². The van der Waals surface area contributed by atoms with E-state index < -0.39 is 0 Å². The van der Waals surface area contributed by atoms with E-state index in [0.717, 1.165) is 17.9 Å². The summed E-state index contributed by atoms with van der Waals surface area (Å²) in [6, 6.07) is 7.23. The van der Waals surface area contributed by atoms with E-state index in [4.69, 9.17) is 4.74 Å². The number of carbonyl (C=O) groups excluding carboxylic acids is 1. The number of anilines is 1. The summed E-state index contributed by atoms with van der Waals surface area (Å²) in [5.41, 5.74) is 2.25. The van der Waals surface area contributed by atoms with Crippen LogP contribution in [0.4, 0.5) is 10.5 Å². The molecule has 0 saturated carbocycles. The van der Waals surface area contributed by atoms with Crippen molar-refractivity contribution in [3.05, 3.63) is 35.9 Å². The quantitative estimate of drug-likeness (QED) is 0.774. The molecule has 0 unspecified atom stereocenters. The summed E-state index contributed by atoms with van der Waals surface area (Å²) in [5.74, 6) is 0.813. The number of carbonyl (C=O) groups is 1. The van der Waals surface area contributed by atoms with Crippen LogP contribution >= 0.6 is 0 Å². The van der Waals surface area contributed by atoms with Crippen molar-refractivity contribution >= 4 is 11.7 Å². The third-order valence-corrected chi connectivity index (χ3v) is 3.54. The van der Waals surface area contributed by atoms with Gasteiger partial charge in [-0.15, -0.1) is 0 Å². The third kappa shape index (κ3) is 5.50. The molecule has 0 radical (unpaired) electrons. The Hall–Kier alpha value is -1.97. The lowest BCUT2D eigenvalue weighted by Crippen LogP contribution is -2.29. The Kier molecular flexibility index (Phi) is 6.13. The van der Waals surface area contributed by atoms with Gasteiger partial charge in [0.15, 0.2) is 0 Å². The number of amides is 2. The predicted molar refractivity (Wildman–Crippen MR) is 85.8 cm³/mol. The minimum absolute atomic E-state index is 0.157. The highest BCUT2D eigenvalue weighted by molar-refractivity contribution is 5.89. The molecule has 0 atom stereocenters. The van der Waals surface area contributed by atoms with Gasteiger partial charge in [-0.05, 0) is 63.3 Å². The molecule has 1 aromatic carbocycles. The van der Waals surface area contributed by atoms with Crippen LogP contribution in [-0.4, -0.2) is 19.2 Å². The lowest BCUT2D eigenvalue weighted by atomic mass is 9.97. The van der Waals surface area contributed by atoms with Gasteiger partial charge in [0.05, 0.1) is 6.61 Å². The number of ether oxygens (including phenoxy) is 1. The molecule has 4 nitrogen and oxygen atoms in total. The molecule has 0 spiro atoms. The van der Waals surface area contributed by atoms with E-state index in [1.165, 1.54) is 31.3 Å². The van der Waals surface area contributed by atoms with Crippen LogP contribution in [0.25, 0.3) is 0 Å². The predicted octanol–water partition coefficient (Wildman–Crippen LogP) is 4.10. The van der Waals surface area contributed by atoms with Crippen LogP contribution in [0.2, 0.25) is 0 Å². The van der Waals surface area contributed by atoms with Gasteiger partial charge in [-0.1, -0.05) is 11.6 Å². The lowest BCUT2D eigenvalue weighted by Gasteiger charge is -2.13. The zero-order chi connectivity index (χ0) is 14.9. The number of hydrogen-bond acceptors (Lipinski definition) is 2. The van der Waals surface area contributed by atoms with E-state index in [1.54, 1.807) is 0 Å². The van der Waals surface area contributed by atoms with E-state index in [0.29, 0.717) is 13.2 Å². The van der Waals surface area contributed by atoms with Crippen molar-refractivity contribution < 1.29 is 9.53 Å². The SMILES string of the molecule is CCOc1ccc(NC(=O)NCCC2=CCCCC2)cc1. The monoisotopic (exact) mass is 288 g/mol. The van der Waals surface area contributed by atoms with Gasteiger partial charge in [0.2, 0.25) is 0 Å². The second-order valence-corrected chi connectivity index (χ2v) is 5.20. The molecule has 1 aliphatic carbocycles. The van der Waals surface area contributed by atoms with Crippen molar-refractivity contribution in [2.45, 2.75) is 39.0 Å². The Morgan fingerprint density at radius 2 is 2.05 bits per heavy atom. The average molecular weight is 288 g/mol. The van der Waals surface area contributed by atoms with Crippen molar-refractivity contribution in [2.24, 2.45) is 0 Å². The topological polar surface area (TPSA) is 50.4 Å². The van der Waals surface area contributed by atoms with Gasteiger partial charge in [-0.3, -0.25) is 0 Å². The second-order valence-electron chi connectivity index (χ2n) is 5.20. The van der Waals surface area contributed by atoms with Crippen LogP contribution in [0, 0.1) is 0 Å². The summed E-state index contributed by atoms with van der Waals surface area (Å²) in [6.45, 7) is 3.28. The molecule has 0 aromatic heterocycles.